The zero-order valence-electron chi connectivity index (χ0n) is 21.4. The highest BCUT2D eigenvalue weighted by Crippen LogP contribution is 2.39. The van der Waals surface area contributed by atoms with E-state index in [9.17, 15) is 8.42 Å². The monoisotopic (exact) mass is 491 g/mol. The predicted molar refractivity (Wildman–Crippen MR) is 143 cm³/mol. The van der Waals surface area contributed by atoms with Gasteiger partial charge in [0.2, 0.25) is 0 Å². The lowest BCUT2D eigenvalue weighted by Gasteiger charge is -2.32. The van der Waals surface area contributed by atoms with Gasteiger partial charge in [0.1, 0.15) is 0 Å². The van der Waals surface area contributed by atoms with E-state index in [0.29, 0.717) is 11.9 Å². The van der Waals surface area contributed by atoms with Gasteiger partial charge in [0.05, 0.1) is 21.6 Å². The molecule has 1 atom stereocenters. The number of benzene rings is 2. The van der Waals surface area contributed by atoms with Crippen molar-refractivity contribution in [1.82, 2.24) is 3.97 Å². The number of fused-ring (bicyclic) bond motifs is 1. The van der Waals surface area contributed by atoms with Crippen molar-refractivity contribution >= 4 is 28.0 Å². The van der Waals surface area contributed by atoms with E-state index in [-0.39, 0.29) is 10.8 Å². The van der Waals surface area contributed by atoms with E-state index in [1.807, 2.05) is 84.0 Å². The number of hydrogen-bond acceptors (Lipinski definition) is 4. The number of aryl methyl sites for hydroxylation is 1. The van der Waals surface area contributed by atoms with Crippen molar-refractivity contribution in [2.75, 3.05) is 0 Å². The third-order valence-electron chi connectivity index (χ3n) is 7.29. The summed E-state index contributed by atoms with van der Waals surface area (Å²) in [6, 6.07) is 14.5. The molecular formula is C28H34BNO4S. The molecule has 184 valence electrons. The maximum absolute atomic E-state index is 13.5. The normalized spacial score (nSPS) is 18.7. The van der Waals surface area contributed by atoms with Crippen LogP contribution in [0.25, 0.3) is 10.9 Å². The molecule has 0 saturated carbocycles. The molecule has 0 radical (unpaired) electrons. The van der Waals surface area contributed by atoms with Crippen LogP contribution in [0.15, 0.2) is 83.8 Å². The van der Waals surface area contributed by atoms with Gasteiger partial charge in [0, 0.05) is 17.5 Å². The van der Waals surface area contributed by atoms with E-state index in [0.717, 1.165) is 22.0 Å². The lowest BCUT2D eigenvalue weighted by Crippen LogP contribution is -2.41. The van der Waals surface area contributed by atoms with Gasteiger partial charge in [-0.15, -0.1) is 6.58 Å². The number of aromatic nitrogens is 1. The Morgan fingerprint density at radius 1 is 1.06 bits per heavy atom. The molecule has 2 heterocycles. The van der Waals surface area contributed by atoms with E-state index >= 15 is 0 Å². The van der Waals surface area contributed by atoms with Crippen LogP contribution in [0, 0.1) is 6.92 Å². The zero-order chi connectivity index (χ0) is 25.6. The third kappa shape index (κ3) is 4.65. The molecule has 0 amide bonds. The molecule has 7 heteroatoms. The van der Waals surface area contributed by atoms with Crippen LogP contribution in [0.4, 0.5) is 0 Å². The third-order valence-corrected chi connectivity index (χ3v) is 8.98. The van der Waals surface area contributed by atoms with Crippen LogP contribution in [-0.2, 0) is 19.3 Å². The fraction of sp³-hybridized carbons (Fsp3) is 0.357. The van der Waals surface area contributed by atoms with Crippen LogP contribution < -0.4 is 0 Å². The van der Waals surface area contributed by atoms with Crippen LogP contribution in [0.3, 0.4) is 0 Å². The van der Waals surface area contributed by atoms with Crippen LogP contribution in [0.2, 0.25) is 0 Å². The fourth-order valence-corrected chi connectivity index (χ4v) is 5.66. The Kier molecular flexibility index (Phi) is 6.64. The van der Waals surface area contributed by atoms with Crippen molar-refractivity contribution in [3.63, 3.8) is 0 Å². The first-order valence-corrected chi connectivity index (χ1v) is 13.4. The fourth-order valence-electron chi connectivity index (χ4n) is 4.28. The molecule has 1 aromatic heterocycles. The molecule has 35 heavy (non-hydrogen) atoms. The number of rotatable bonds is 7. The van der Waals surface area contributed by atoms with Gasteiger partial charge in [0.15, 0.2) is 0 Å². The van der Waals surface area contributed by atoms with E-state index in [4.69, 9.17) is 9.31 Å². The average molecular weight is 491 g/mol. The lowest BCUT2D eigenvalue weighted by molar-refractivity contribution is 0.00578. The molecule has 3 aromatic rings. The zero-order valence-corrected chi connectivity index (χ0v) is 22.2. The maximum Gasteiger partial charge on any atom is 0.489 e. The average Bonchev–Trinajstić information content (AvgIpc) is 3.29. The predicted octanol–water partition coefficient (Wildman–Crippen LogP) is 6.42. The summed E-state index contributed by atoms with van der Waals surface area (Å²) in [5.74, 6) is -0.0771. The Hall–Kier alpha value is -2.61. The Bertz CT molecular complexity index is 1370. The van der Waals surface area contributed by atoms with Crippen LogP contribution in [-0.4, -0.2) is 30.7 Å². The summed E-state index contributed by atoms with van der Waals surface area (Å²) in [6.45, 7) is 16.2. The minimum atomic E-state index is -3.75. The Labute approximate surface area is 209 Å². The van der Waals surface area contributed by atoms with Crippen LogP contribution >= 0.6 is 0 Å². The molecular weight excluding hydrogens is 457 g/mol. The van der Waals surface area contributed by atoms with Crippen LogP contribution in [0.5, 0.6) is 0 Å². The maximum atomic E-state index is 13.5. The molecule has 5 nitrogen and oxygen atoms in total. The standard InChI is InChI=1S/C28H34BNO4S/c1-8-22(16-15-21(3)29-33-27(4,5)28(6,7)34-29)25-19-30(26-12-10-9-11-24(25)26)35(31,32)23-17-13-20(2)14-18-23/h8-15,17-19,22H,1,16H2,2-7H3/b21-15+/t22-/m0/s1. The number of hydrogen-bond donors (Lipinski definition) is 0. The van der Waals surface area contributed by atoms with Crippen molar-refractivity contribution in [1.29, 1.82) is 0 Å². The molecule has 1 fully saturated rings. The quantitative estimate of drug-likeness (QED) is 0.283. The van der Waals surface area contributed by atoms with Gasteiger partial charge >= 0.3 is 7.12 Å². The molecule has 0 spiro atoms. The van der Waals surface area contributed by atoms with Gasteiger partial charge in [-0.05, 0) is 77.2 Å². The Morgan fingerprint density at radius 3 is 2.26 bits per heavy atom. The van der Waals surface area contributed by atoms with Gasteiger partial charge < -0.3 is 9.31 Å². The smallest absolute Gasteiger partial charge is 0.400 e. The number of para-hydroxylation sites is 1. The summed E-state index contributed by atoms with van der Waals surface area (Å²) >= 11 is 0. The second-order valence-corrected chi connectivity index (χ2v) is 12.1. The SMILES string of the molecule is C=C[C@@H](C/C=C(\C)B1OC(C)(C)C(C)(C)O1)c1cn(S(=O)(=O)c2ccc(C)cc2)c2ccccc12. The van der Waals surface area contributed by atoms with E-state index in [1.165, 1.54) is 3.97 Å². The number of allylic oxidation sites excluding steroid dienone is 3. The molecule has 0 bridgehead atoms. The largest absolute Gasteiger partial charge is 0.489 e. The minimum absolute atomic E-state index is 0.0771. The molecule has 0 unspecified atom stereocenters. The second-order valence-electron chi connectivity index (χ2n) is 10.3. The number of nitrogens with zero attached hydrogens (tertiary/aromatic N) is 1. The van der Waals surface area contributed by atoms with Crippen molar-refractivity contribution in [3.8, 4) is 0 Å². The van der Waals surface area contributed by atoms with Crippen molar-refractivity contribution in [3.05, 3.63) is 90.1 Å². The van der Waals surface area contributed by atoms with Crippen LogP contribution in [0.1, 0.15) is 58.1 Å². The van der Waals surface area contributed by atoms with Gasteiger partial charge in [-0.25, -0.2) is 12.4 Å². The Balaban J connectivity index is 1.68. The highest BCUT2D eigenvalue weighted by molar-refractivity contribution is 7.90. The van der Waals surface area contributed by atoms with E-state index in [1.54, 1.807) is 18.3 Å². The topological polar surface area (TPSA) is 57.5 Å². The summed E-state index contributed by atoms with van der Waals surface area (Å²) in [4.78, 5) is 0.266. The van der Waals surface area contributed by atoms with E-state index in [2.05, 4.69) is 12.7 Å². The summed E-state index contributed by atoms with van der Waals surface area (Å²) in [5.41, 5.74) is 2.78. The van der Waals surface area contributed by atoms with Gasteiger partial charge in [0.25, 0.3) is 10.0 Å². The van der Waals surface area contributed by atoms with Crippen molar-refractivity contribution in [2.24, 2.45) is 0 Å². The summed E-state index contributed by atoms with van der Waals surface area (Å²) < 4.78 is 40.8. The summed E-state index contributed by atoms with van der Waals surface area (Å²) in [7, 11) is -4.16. The van der Waals surface area contributed by atoms with Crippen molar-refractivity contribution < 1.29 is 17.7 Å². The van der Waals surface area contributed by atoms with Crippen molar-refractivity contribution in [2.45, 2.75) is 70.0 Å². The highest BCUT2D eigenvalue weighted by atomic mass is 32.2. The lowest BCUT2D eigenvalue weighted by atomic mass is 9.78. The minimum Gasteiger partial charge on any atom is -0.400 e. The molecule has 1 saturated heterocycles. The second kappa shape index (κ2) is 9.12. The summed E-state index contributed by atoms with van der Waals surface area (Å²) in [6.07, 6.45) is 6.37. The summed E-state index contributed by atoms with van der Waals surface area (Å²) in [5, 5.41) is 0.898. The molecule has 2 aromatic carbocycles. The molecule has 0 aliphatic carbocycles. The first-order chi connectivity index (χ1) is 16.4. The van der Waals surface area contributed by atoms with Gasteiger partial charge in [-0.3, -0.25) is 0 Å². The van der Waals surface area contributed by atoms with Gasteiger partial charge in [-0.1, -0.05) is 48.0 Å². The Morgan fingerprint density at radius 2 is 1.66 bits per heavy atom. The molecule has 1 aliphatic rings. The molecule has 4 rings (SSSR count). The molecule has 0 N–H and O–H groups in total. The first-order valence-electron chi connectivity index (χ1n) is 11.9. The molecule has 1 aliphatic heterocycles. The first kappa shape index (κ1) is 25.5. The van der Waals surface area contributed by atoms with E-state index < -0.39 is 28.3 Å². The highest BCUT2D eigenvalue weighted by Gasteiger charge is 2.51. The van der Waals surface area contributed by atoms with Gasteiger partial charge in [-0.2, -0.15) is 0 Å².